The fourth-order valence-electron chi connectivity index (χ4n) is 9.41. The van der Waals surface area contributed by atoms with E-state index in [1.807, 2.05) is 97.1 Å². The smallest absolute Gasteiger partial charge is 0.164 e. The molecule has 0 unspecified atom stereocenters. The topological polar surface area (TPSA) is 73.7 Å². The molecule has 0 saturated heterocycles. The number of hydrogen-bond donors (Lipinski definition) is 0. The molecule has 6 nitrogen and oxygen atoms in total. The van der Waals surface area contributed by atoms with Crippen molar-refractivity contribution >= 4 is 0 Å². The van der Waals surface area contributed by atoms with Gasteiger partial charge < -0.3 is 4.74 Å². The van der Waals surface area contributed by atoms with E-state index >= 15 is 0 Å². The molecule has 3 heterocycles. The predicted octanol–water partition coefficient (Wildman–Crippen LogP) is 13.1. The highest BCUT2D eigenvalue weighted by molar-refractivity contribution is 5.97. The molecule has 62 heavy (non-hydrogen) atoms. The average Bonchev–Trinajstić information content (AvgIpc) is 3.66. The van der Waals surface area contributed by atoms with E-state index in [1.165, 1.54) is 0 Å². The van der Waals surface area contributed by atoms with Gasteiger partial charge in [-0.05, 0) is 40.5 Å². The molecular weight excluding hydrogens is 759 g/mol. The number of ether oxygens (including phenoxy) is 1. The van der Waals surface area contributed by atoms with Crippen LogP contribution in [0.2, 0.25) is 0 Å². The lowest BCUT2D eigenvalue weighted by Crippen LogP contribution is -2.33. The van der Waals surface area contributed by atoms with E-state index < -0.39 is 5.41 Å². The van der Waals surface area contributed by atoms with Crippen LogP contribution in [0.4, 0.5) is 0 Å². The SMILES string of the molecule is c1ccc(-c2cc(-c3cccc4c3C3(c5ccccc5Oc5ccccc53)c3c(-c5nc(-c6ccccc6)nc(-c6ccccc6)n5)cccc3-4)nc(-c3ccccc3)n2)cc1. The summed E-state index contributed by atoms with van der Waals surface area (Å²) in [4.78, 5) is 26.3. The Morgan fingerprint density at radius 2 is 0.677 bits per heavy atom. The molecule has 0 radical (unpaired) electrons. The highest BCUT2D eigenvalue weighted by atomic mass is 16.5. The lowest BCUT2D eigenvalue weighted by atomic mass is 9.64. The Morgan fingerprint density at radius 3 is 1.21 bits per heavy atom. The Kier molecular flexibility index (Phi) is 8.28. The Morgan fingerprint density at radius 1 is 0.290 bits per heavy atom. The van der Waals surface area contributed by atoms with Crippen molar-refractivity contribution in [3.05, 3.63) is 235 Å². The summed E-state index contributed by atoms with van der Waals surface area (Å²) >= 11 is 0. The fraction of sp³-hybridized carbons (Fsp3) is 0.0179. The molecule has 2 aromatic heterocycles. The minimum Gasteiger partial charge on any atom is -0.457 e. The highest BCUT2D eigenvalue weighted by Gasteiger charge is 2.54. The normalized spacial score (nSPS) is 12.8. The highest BCUT2D eigenvalue weighted by Crippen LogP contribution is 2.65. The quantitative estimate of drug-likeness (QED) is 0.167. The lowest BCUT2D eigenvalue weighted by molar-refractivity contribution is 0.436. The molecule has 1 aliphatic heterocycles. The molecule has 0 fully saturated rings. The molecule has 290 valence electrons. The van der Waals surface area contributed by atoms with Crippen LogP contribution in [-0.2, 0) is 5.41 Å². The van der Waals surface area contributed by atoms with Crippen LogP contribution in [0.1, 0.15) is 22.3 Å². The van der Waals surface area contributed by atoms with Gasteiger partial charge in [-0.15, -0.1) is 0 Å². The summed E-state index contributed by atoms with van der Waals surface area (Å²) in [6.45, 7) is 0. The van der Waals surface area contributed by atoms with Gasteiger partial charge in [-0.25, -0.2) is 24.9 Å². The zero-order valence-electron chi connectivity index (χ0n) is 33.4. The summed E-state index contributed by atoms with van der Waals surface area (Å²) in [6, 6.07) is 73.0. The second kappa shape index (κ2) is 14.4. The van der Waals surface area contributed by atoms with E-state index in [-0.39, 0.29) is 0 Å². The van der Waals surface area contributed by atoms with Crippen molar-refractivity contribution in [1.29, 1.82) is 0 Å². The van der Waals surface area contributed by atoms with Crippen LogP contribution in [0.3, 0.4) is 0 Å². The van der Waals surface area contributed by atoms with Gasteiger partial charge in [0.1, 0.15) is 11.5 Å². The molecule has 8 aromatic carbocycles. The van der Waals surface area contributed by atoms with Crippen LogP contribution in [0.15, 0.2) is 212 Å². The van der Waals surface area contributed by atoms with Crippen molar-refractivity contribution in [3.8, 4) is 90.7 Å². The zero-order chi connectivity index (χ0) is 41.0. The summed E-state index contributed by atoms with van der Waals surface area (Å²) < 4.78 is 6.83. The van der Waals surface area contributed by atoms with Crippen molar-refractivity contribution in [1.82, 2.24) is 24.9 Å². The largest absolute Gasteiger partial charge is 0.457 e. The van der Waals surface area contributed by atoms with Gasteiger partial charge in [-0.2, -0.15) is 0 Å². The average molecular weight is 794 g/mol. The first-order chi connectivity index (χ1) is 30.7. The number of fused-ring (bicyclic) bond motifs is 9. The van der Waals surface area contributed by atoms with Gasteiger partial charge in [0.15, 0.2) is 23.3 Å². The third-order valence-corrected chi connectivity index (χ3v) is 12.0. The third kappa shape index (κ3) is 5.61. The number of rotatable bonds is 6. The van der Waals surface area contributed by atoms with Gasteiger partial charge in [0, 0.05) is 44.5 Å². The first-order valence-corrected chi connectivity index (χ1v) is 20.8. The first kappa shape index (κ1) is 35.6. The molecule has 0 N–H and O–H groups in total. The van der Waals surface area contributed by atoms with E-state index in [1.54, 1.807) is 0 Å². The molecule has 10 aromatic rings. The van der Waals surface area contributed by atoms with Crippen molar-refractivity contribution in [2.45, 2.75) is 5.41 Å². The van der Waals surface area contributed by atoms with Crippen LogP contribution in [-0.4, -0.2) is 24.9 Å². The Labute approximate surface area is 359 Å². The zero-order valence-corrected chi connectivity index (χ0v) is 33.4. The van der Waals surface area contributed by atoms with Crippen LogP contribution in [0.5, 0.6) is 11.5 Å². The van der Waals surface area contributed by atoms with Gasteiger partial charge in [0.2, 0.25) is 0 Å². The maximum absolute atomic E-state index is 6.83. The van der Waals surface area contributed by atoms with Crippen molar-refractivity contribution in [2.75, 3.05) is 0 Å². The molecule has 0 bridgehead atoms. The second-order valence-corrected chi connectivity index (χ2v) is 15.5. The third-order valence-electron chi connectivity index (χ3n) is 12.0. The molecule has 0 amide bonds. The summed E-state index contributed by atoms with van der Waals surface area (Å²) in [5, 5.41) is 0. The Bertz CT molecular complexity index is 2980. The fourth-order valence-corrected chi connectivity index (χ4v) is 9.41. The van der Waals surface area contributed by atoms with Crippen LogP contribution >= 0.6 is 0 Å². The molecule has 0 atom stereocenters. The van der Waals surface area contributed by atoms with Crippen LogP contribution in [0, 0.1) is 0 Å². The second-order valence-electron chi connectivity index (χ2n) is 15.5. The van der Waals surface area contributed by atoms with Gasteiger partial charge in [0.25, 0.3) is 0 Å². The summed E-state index contributed by atoms with van der Waals surface area (Å²) in [6.07, 6.45) is 0. The van der Waals surface area contributed by atoms with Gasteiger partial charge >= 0.3 is 0 Å². The van der Waals surface area contributed by atoms with E-state index in [0.29, 0.717) is 23.3 Å². The van der Waals surface area contributed by atoms with Crippen LogP contribution in [0.25, 0.3) is 79.2 Å². The maximum Gasteiger partial charge on any atom is 0.164 e. The molecule has 6 heteroatoms. The van der Waals surface area contributed by atoms with Gasteiger partial charge in [0.05, 0.1) is 16.8 Å². The monoisotopic (exact) mass is 793 g/mol. The predicted molar refractivity (Wildman–Crippen MR) is 245 cm³/mol. The van der Waals surface area contributed by atoms with E-state index in [0.717, 1.165) is 89.6 Å². The number of hydrogen-bond acceptors (Lipinski definition) is 6. The van der Waals surface area contributed by atoms with Crippen molar-refractivity contribution < 1.29 is 4.74 Å². The van der Waals surface area contributed by atoms with Gasteiger partial charge in [-0.3, -0.25) is 0 Å². The van der Waals surface area contributed by atoms with Gasteiger partial charge in [-0.1, -0.05) is 194 Å². The van der Waals surface area contributed by atoms with E-state index in [9.17, 15) is 0 Å². The minimum atomic E-state index is -0.888. The molecule has 2 aliphatic rings. The molecular formula is C56H35N5O. The number of aromatic nitrogens is 5. The molecule has 1 spiro atoms. The summed E-state index contributed by atoms with van der Waals surface area (Å²) in [7, 11) is 0. The summed E-state index contributed by atoms with van der Waals surface area (Å²) in [5.41, 5.74) is 12.9. The van der Waals surface area contributed by atoms with Crippen molar-refractivity contribution in [2.24, 2.45) is 0 Å². The molecule has 1 aliphatic carbocycles. The number of benzene rings is 8. The van der Waals surface area contributed by atoms with E-state index in [4.69, 9.17) is 29.7 Å². The first-order valence-electron chi connectivity index (χ1n) is 20.8. The minimum absolute atomic E-state index is 0.588. The molecule has 0 saturated carbocycles. The maximum atomic E-state index is 6.83. The standard InChI is InChI=1S/C56H35N5O/c1-5-19-36(20-6-1)46-35-47(58-52(57-46)37-21-7-2-8-22-37)42-29-17-27-40-41-28-18-30-43(55-60-53(38-23-9-3-10-24-38)59-54(61-55)39-25-11-4-12-26-39)51(41)56(50(40)42)44-31-13-15-33-48(44)62-49-34-16-14-32-45(49)56/h1-35H. The summed E-state index contributed by atoms with van der Waals surface area (Å²) in [5.74, 6) is 4.03. The Hall–Kier alpha value is -8.35. The Balaban J connectivity index is 1.20. The van der Waals surface area contributed by atoms with E-state index in [2.05, 4.69) is 115 Å². The van der Waals surface area contributed by atoms with Crippen molar-refractivity contribution in [3.63, 3.8) is 0 Å². The number of nitrogens with zero attached hydrogens (tertiary/aromatic N) is 5. The number of para-hydroxylation sites is 2. The van der Waals surface area contributed by atoms with Crippen LogP contribution < -0.4 is 4.74 Å². The molecule has 12 rings (SSSR count). The lowest BCUT2D eigenvalue weighted by Gasteiger charge is -2.40.